The van der Waals surface area contributed by atoms with Gasteiger partial charge < -0.3 is 23.7 Å². The lowest BCUT2D eigenvalue weighted by Gasteiger charge is -2.49. The normalized spacial score (nSPS) is 27.0. The van der Waals surface area contributed by atoms with Gasteiger partial charge in [-0.15, -0.1) is 0 Å². The molecule has 0 amide bonds. The van der Waals surface area contributed by atoms with Gasteiger partial charge in [-0.25, -0.2) is 0 Å². The Balaban J connectivity index is 1.33. The topological polar surface area (TPSA) is 63.2 Å². The molecule has 0 bridgehead atoms. The van der Waals surface area contributed by atoms with Crippen molar-refractivity contribution >= 4 is 10.8 Å². The number of hydrogen-bond donors (Lipinski definition) is 0. The number of ether oxygens (including phenoxy) is 5. The number of rotatable bonds is 9. The molecule has 0 aliphatic carbocycles. The Morgan fingerprint density at radius 3 is 1.77 bits per heavy atom. The lowest BCUT2D eigenvalue weighted by molar-refractivity contribution is -0.330. The molecule has 0 radical (unpaired) electrons. The summed E-state index contributed by atoms with van der Waals surface area (Å²) < 4.78 is 46.3. The fourth-order valence-electron chi connectivity index (χ4n) is 5.09. The summed E-state index contributed by atoms with van der Waals surface area (Å²) in [7, 11) is -1.52. The van der Waals surface area contributed by atoms with Gasteiger partial charge in [-0.1, -0.05) is 109 Å². The molecule has 4 aromatic rings. The van der Waals surface area contributed by atoms with Gasteiger partial charge in [-0.3, -0.25) is 4.21 Å². The quantitative estimate of drug-likeness (QED) is 0.260. The summed E-state index contributed by atoms with van der Waals surface area (Å²) in [6.45, 7) is 0.951. The Bertz CT molecular complexity index is 1360. The molecule has 206 valence electrons. The maximum absolute atomic E-state index is 14.0. The van der Waals surface area contributed by atoms with Crippen LogP contribution < -0.4 is 0 Å². The third kappa shape index (κ3) is 6.25. The van der Waals surface area contributed by atoms with Crippen LogP contribution in [-0.2, 0) is 47.7 Å². The van der Waals surface area contributed by atoms with Gasteiger partial charge in [0.05, 0.1) is 30.6 Å². The smallest absolute Gasteiger partial charge is 0.184 e. The zero-order valence-corrected chi connectivity index (χ0v) is 22.8. The van der Waals surface area contributed by atoms with E-state index in [4.69, 9.17) is 23.7 Å². The van der Waals surface area contributed by atoms with E-state index in [0.717, 1.165) is 16.7 Å². The minimum absolute atomic E-state index is 0.281. The molecule has 40 heavy (non-hydrogen) atoms. The summed E-state index contributed by atoms with van der Waals surface area (Å²) in [5.74, 6) is 0. The predicted octanol–water partition coefficient (Wildman–Crippen LogP) is 5.80. The SMILES string of the molecule is O=[S@](c1ccccc1)[C@H]1O[C@@H]2CO[C@@H](c3ccccc3)O[C@H]2[C@H](OCc2ccccc2)[C@@H]1OCc1ccccc1. The van der Waals surface area contributed by atoms with Crippen LogP contribution >= 0.6 is 0 Å². The summed E-state index contributed by atoms with van der Waals surface area (Å²) in [6.07, 6.45) is -2.77. The molecular formula is C33H32O6S. The van der Waals surface area contributed by atoms with E-state index in [1.807, 2.05) is 121 Å². The van der Waals surface area contributed by atoms with Crippen molar-refractivity contribution in [3.8, 4) is 0 Å². The van der Waals surface area contributed by atoms with Gasteiger partial charge in [0.25, 0.3) is 0 Å². The number of benzene rings is 4. The largest absolute Gasteiger partial charge is 0.368 e. The average molecular weight is 557 g/mol. The van der Waals surface area contributed by atoms with E-state index in [1.165, 1.54) is 0 Å². The van der Waals surface area contributed by atoms with Crippen LogP contribution in [0, 0.1) is 0 Å². The van der Waals surface area contributed by atoms with Crippen LogP contribution in [-0.4, -0.2) is 40.7 Å². The van der Waals surface area contributed by atoms with E-state index in [1.54, 1.807) is 0 Å². The van der Waals surface area contributed by atoms with E-state index in [-0.39, 0.29) is 6.61 Å². The van der Waals surface area contributed by atoms with Crippen LogP contribution in [0.15, 0.2) is 126 Å². The molecule has 0 saturated carbocycles. The monoisotopic (exact) mass is 556 g/mol. The third-order valence-corrected chi connectivity index (χ3v) is 8.65. The van der Waals surface area contributed by atoms with Gasteiger partial charge in [-0.05, 0) is 23.3 Å². The zero-order chi connectivity index (χ0) is 27.1. The molecule has 7 heteroatoms. The van der Waals surface area contributed by atoms with E-state index in [9.17, 15) is 4.21 Å². The highest BCUT2D eigenvalue weighted by atomic mass is 32.2. The summed E-state index contributed by atoms with van der Waals surface area (Å²) in [5, 5.41) is 0. The molecule has 6 rings (SSSR count). The van der Waals surface area contributed by atoms with Gasteiger partial charge >= 0.3 is 0 Å². The minimum atomic E-state index is -1.52. The molecule has 0 N–H and O–H groups in total. The van der Waals surface area contributed by atoms with Crippen LogP contribution in [0.2, 0.25) is 0 Å². The van der Waals surface area contributed by atoms with Crippen LogP contribution in [0.3, 0.4) is 0 Å². The fraction of sp³-hybridized carbons (Fsp3) is 0.273. The first-order valence-corrected chi connectivity index (χ1v) is 14.7. The van der Waals surface area contributed by atoms with Gasteiger partial charge in [-0.2, -0.15) is 0 Å². The van der Waals surface area contributed by atoms with Crippen molar-refractivity contribution in [3.63, 3.8) is 0 Å². The van der Waals surface area contributed by atoms with E-state index >= 15 is 0 Å². The minimum Gasteiger partial charge on any atom is -0.368 e. The van der Waals surface area contributed by atoms with Crippen molar-refractivity contribution in [2.45, 2.75) is 54.3 Å². The zero-order valence-electron chi connectivity index (χ0n) is 22.0. The Kier molecular flexibility index (Phi) is 8.78. The Morgan fingerprint density at radius 2 is 1.18 bits per heavy atom. The van der Waals surface area contributed by atoms with E-state index < -0.39 is 46.9 Å². The summed E-state index contributed by atoms with van der Waals surface area (Å²) in [6, 6.07) is 39.1. The van der Waals surface area contributed by atoms with Crippen molar-refractivity contribution < 1.29 is 27.9 Å². The van der Waals surface area contributed by atoms with Crippen LogP contribution in [0.5, 0.6) is 0 Å². The van der Waals surface area contributed by atoms with E-state index in [2.05, 4.69) is 0 Å². The fourth-order valence-corrected chi connectivity index (χ4v) is 6.50. The third-order valence-electron chi connectivity index (χ3n) is 7.11. The highest BCUT2D eigenvalue weighted by molar-refractivity contribution is 7.85. The van der Waals surface area contributed by atoms with Crippen LogP contribution in [0.4, 0.5) is 0 Å². The molecule has 0 aromatic heterocycles. The van der Waals surface area contributed by atoms with Gasteiger partial charge in [0.1, 0.15) is 24.4 Å². The highest BCUT2D eigenvalue weighted by Gasteiger charge is 2.53. The molecule has 7 atom stereocenters. The molecule has 0 spiro atoms. The maximum atomic E-state index is 14.0. The van der Waals surface area contributed by atoms with Gasteiger partial charge in [0.2, 0.25) is 0 Å². The summed E-state index contributed by atoms with van der Waals surface area (Å²) in [4.78, 5) is 0.667. The van der Waals surface area contributed by atoms with Crippen molar-refractivity contribution in [1.82, 2.24) is 0 Å². The molecule has 2 heterocycles. The predicted molar refractivity (Wildman–Crippen MR) is 152 cm³/mol. The first kappa shape index (κ1) is 27.0. The summed E-state index contributed by atoms with van der Waals surface area (Å²) >= 11 is 0. The lowest BCUT2D eigenvalue weighted by Crippen LogP contribution is -2.63. The molecular weight excluding hydrogens is 524 g/mol. The van der Waals surface area contributed by atoms with Gasteiger partial charge in [0.15, 0.2) is 11.7 Å². The second-order valence-corrected chi connectivity index (χ2v) is 11.4. The molecule has 2 fully saturated rings. The lowest BCUT2D eigenvalue weighted by atomic mass is 9.98. The number of fused-ring (bicyclic) bond motifs is 1. The van der Waals surface area contributed by atoms with Crippen molar-refractivity contribution in [2.75, 3.05) is 6.61 Å². The molecule has 4 aromatic carbocycles. The second-order valence-electron chi connectivity index (χ2n) is 9.85. The van der Waals surface area contributed by atoms with Crippen molar-refractivity contribution in [1.29, 1.82) is 0 Å². The van der Waals surface area contributed by atoms with Crippen molar-refractivity contribution in [3.05, 3.63) is 138 Å². The first-order chi connectivity index (χ1) is 19.8. The molecule has 2 aliphatic heterocycles. The van der Waals surface area contributed by atoms with Gasteiger partial charge in [0, 0.05) is 10.5 Å². The maximum Gasteiger partial charge on any atom is 0.184 e. The molecule has 2 saturated heterocycles. The summed E-state index contributed by atoms with van der Waals surface area (Å²) in [5.41, 5.74) is 2.17. The van der Waals surface area contributed by atoms with E-state index in [0.29, 0.717) is 18.1 Å². The molecule has 6 nitrogen and oxygen atoms in total. The van der Waals surface area contributed by atoms with Crippen molar-refractivity contribution in [2.24, 2.45) is 0 Å². The average Bonchev–Trinajstić information content (AvgIpc) is 3.03. The Labute approximate surface area is 237 Å². The second kappa shape index (κ2) is 13.0. The number of hydrogen-bond acceptors (Lipinski definition) is 6. The molecule has 2 aliphatic rings. The Hall–Kier alpha value is -3.17. The van der Waals surface area contributed by atoms with Crippen LogP contribution in [0.25, 0.3) is 0 Å². The Morgan fingerprint density at radius 1 is 0.650 bits per heavy atom. The highest BCUT2D eigenvalue weighted by Crippen LogP contribution is 2.38. The molecule has 0 unspecified atom stereocenters. The first-order valence-electron chi connectivity index (χ1n) is 13.5. The standard InChI is InChI=1S/C33H32O6S/c34-40(27-19-11-4-12-20-27)33-31(36-22-25-15-7-2-8-16-25)30(35-21-24-13-5-1-6-14-24)29-28(38-33)23-37-32(39-29)26-17-9-3-10-18-26/h1-20,28-33H,21-23H2/t28-,29-,30+,31+,32-,33-,40-/m1/s1. The van der Waals surface area contributed by atoms with Crippen LogP contribution in [0.1, 0.15) is 23.0 Å².